The summed E-state index contributed by atoms with van der Waals surface area (Å²) in [5, 5.41) is 3.14. The van der Waals surface area contributed by atoms with Gasteiger partial charge in [0.1, 0.15) is 0 Å². The number of hydrogen-bond donors (Lipinski definition) is 1. The monoisotopic (exact) mass is 219 g/mol. The van der Waals surface area contributed by atoms with Gasteiger partial charge in [0.05, 0.1) is 19.4 Å². The van der Waals surface area contributed by atoms with Crippen molar-refractivity contribution in [3.8, 4) is 0 Å². The molecule has 16 heavy (non-hydrogen) atoms. The smallest absolute Gasteiger partial charge is 0.306 e. The van der Waals surface area contributed by atoms with E-state index >= 15 is 0 Å². The molecule has 4 nitrogen and oxygen atoms in total. The van der Waals surface area contributed by atoms with Crippen molar-refractivity contribution in [1.29, 1.82) is 0 Å². The molecule has 0 saturated carbocycles. The summed E-state index contributed by atoms with van der Waals surface area (Å²) in [6, 6.07) is 7.33. The number of carbonyl (C=O) groups is 2. The van der Waals surface area contributed by atoms with Crippen LogP contribution in [-0.4, -0.2) is 25.4 Å². The normalized spacial score (nSPS) is 18.6. The van der Waals surface area contributed by atoms with Gasteiger partial charge in [0, 0.05) is 17.8 Å². The van der Waals surface area contributed by atoms with Gasteiger partial charge < -0.3 is 10.1 Å². The van der Waals surface area contributed by atoms with Gasteiger partial charge in [0.2, 0.25) is 0 Å². The van der Waals surface area contributed by atoms with E-state index in [9.17, 15) is 9.59 Å². The first-order valence-electron chi connectivity index (χ1n) is 5.16. The van der Waals surface area contributed by atoms with E-state index < -0.39 is 0 Å². The lowest BCUT2D eigenvalue weighted by atomic mass is 9.90. The number of ketones is 1. The zero-order chi connectivity index (χ0) is 11.5. The number of benzene rings is 1. The number of fused-ring (bicyclic) bond motifs is 1. The SMILES string of the molecule is COC(=O)CC1CNc2ccccc2C1=O. The average molecular weight is 219 g/mol. The summed E-state index contributed by atoms with van der Waals surface area (Å²) in [6.45, 7) is 0.491. The van der Waals surface area contributed by atoms with E-state index in [0.29, 0.717) is 12.1 Å². The molecule has 0 fully saturated rings. The van der Waals surface area contributed by atoms with Gasteiger partial charge in [0.25, 0.3) is 0 Å². The minimum atomic E-state index is -0.348. The van der Waals surface area contributed by atoms with Crippen molar-refractivity contribution < 1.29 is 14.3 Å². The molecule has 1 N–H and O–H groups in total. The van der Waals surface area contributed by atoms with Crippen LogP contribution in [0, 0.1) is 5.92 Å². The Morgan fingerprint density at radius 1 is 1.50 bits per heavy atom. The average Bonchev–Trinajstić information content (AvgIpc) is 2.33. The Morgan fingerprint density at radius 3 is 3.00 bits per heavy atom. The molecule has 0 bridgehead atoms. The third-order valence-corrected chi connectivity index (χ3v) is 2.74. The highest BCUT2D eigenvalue weighted by atomic mass is 16.5. The number of anilines is 1. The molecule has 0 spiro atoms. The highest BCUT2D eigenvalue weighted by Gasteiger charge is 2.28. The van der Waals surface area contributed by atoms with Crippen LogP contribution < -0.4 is 5.32 Å². The molecule has 0 amide bonds. The van der Waals surface area contributed by atoms with Gasteiger partial charge >= 0.3 is 5.97 Å². The van der Waals surface area contributed by atoms with Crippen LogP contribution in [0.2, 0.25) is 0 Å². The van der Waals surface area contributed by atoms with E-state index in [1.54, 1.807) is 6.07 Å². The molecule has 1 aliphatic rings. The van der Waals surface area contributed by atoms with E-state index in [4.69, 9.17) is 0 Å². The first-order chi connectivity index (χ1) is 7.72. The van der Waals surface area contributed by atoms with Crippen LogP contribution in [0.3, 0.4) is 0 Å². The number of rotatable bonds is 2. The predicted molar refractivity (Wildman–Crippen MR) is 59.4 cm³/mol. The summed E-state index contributed by atoms with van der Waals surface area (Å²) in [5.74, 6) is -0.651. The van der Waals surface area contributed by atoms with Crippen molar-refractivity contribution in [2.75, 3.05) is 19.0 Å². The maximum Gasteiger partial charge on any atom is 0.306 e. The molecule has 1 unspecified atom stereocenters. The molecule has 84 valence electrons. The van der Waals surface area contributed by atoms with E-state index in [1.807, 2.05) is 18.2 Å². The number of para-hydroxylation sites is 1. The molecule has 1 atom stereocenters. The third-order valence-electron chi connectivity index (χ3n) is 2.74. The number of carbonyl (C=O) groups excluding carboxylic acids is 2. The highest BCUT2D eigenvalue weighted by molar-refractivity contribution is 6.05. The second-order valence-electron chi connectivity index (χ2n) is 3.77. The van der Waals surface area contributed by atoms with Gasteiger partial charge in [-0.3, -0.25) is 9.59 Å². The molecule has 0 radical (unpaired) electrons. The van der Waals surface area contributed by atoms with Crippen molar-refractivity contribution >= 4 is 17.4 Å². The topological polar surface area (TPSA) is 55.4 Å². The molecular formula is C12H13NO3. The quantitative estimate of drug-likeness (QED) is 0.765. The maximum absolute atomic E-state index is 12.0. The van der Waals surface area contributed by atoms with E-state index in [-0.39, 0.29) is 24.1 Å². The zero-order valence-electron chi connectivity index (χ0n) is 9.03. The van der Waals surface area contributed by atoms with Gasteiger partial charge in [-0.2, -0.15) is 0 Å². The van der Waals surface area contributed by atoms with Crippen molar-refractivity contribution in [2.24, 2.45) is 5.92 Å². The van der Waals surface area contributed by atoms with Crippen LogP contribution in [0.25, 0.3) is 0 Å². The summed E-state index contributed by atoms with van der Waals surface area (Å²) in [5.41, 5.74) is 1.50. The summed E-state index contributed by atoms with van der Waals surface area (Å²) in [4.78, 5) is 23.2. The highest BCUT2D eigenvalue weighted by Crippen LogP contribution is 2.25. The van der Waals surface area contributed by atoms with Crippen molar-refractivity contribution in [1.82, 2.24) is 0 Å². The van der Waals surface area contributed by atoms with Crippen LogP contribution in [0.1, 0.15) is 16.8 Å². The Kier molecular flexibility index (Phi) is 2.90. The Bertz CT molecular complexity index is 428. The summed E-state index contributed by atoms with van der Waals surface area (Å²) in [6.07, 6.45) is 0.136. The Hall–Kier alpha value is -1.84. The summed E-state index contributed by atoms with van der Waals surface area (Å²) < 4.78 is 4.57. The van der Waals surface area contributed by atoms with Crippen molar-refractivity contribution in [2.45, 2.75) is 6.42 Å². The molecular weight excluding hydrogens is 206 g/mol. The largest absolute Gasteiger partial charge is 0.469 e. The first kappa shape index (κ1) is 10.7. The molecule has 0 aliphatic carbocycles. The zero-order valence-corrected chi connectivity index (χ0v) is 9.03. The predicted octanol–water partition coefficient (Wildman–Crippen LogP) is 1.47. The van der Waals surface area contributed by atoms with Gasteiger partial charge in [-0.05, 0) is 12.1 Å². The molecule has 2 rings (SSSR count). The Balaban J connectivity index is 2.18. The molecule has 0 aromatic heterocycles. The van der Waals surface area contributed by atoms with Crippen LogP contribution >= 0.6 is 0 Å². The van der Waals surface area contributed by atoms with E-state index in [0.717, 1.165) is 5.69 Å². The van der Waals surface area contributed by atoms with Crippen LogP contribution in [0.4, 0.5) is 5.69 Å². The van der Waals surface area contributed by atoms with Crippen LogP contribution in [-0.2, 0) is 9.53 Å². The third kappa shape index (κ3) is 1.91. The van der Waals surface area contributed by atoms with Gasteiger partial charge in [-0.1, -0.05) is 12.1 Å². The molecule has 1 aromatic carbocycles. The standard InChI is InChI=1S/C12H13NO3/c1-16-11(14)6-8-7-13-10-5-3-2-4-9(10)12(8)15/h2-5,8,13H,6-7H2,1H3. The number of ether oxygens (including phenoxy) is 1. The minimum absolute atomic E-state index is 0.0137. The summed E-state index contributed by atoms with van der Waals surface area (Å²) in [7, 11) is 1.33. The number of nitrogens with one attached hydrogen (secondary N) is 1. The molecule has 1 aromatic rings. The molecule has 1 heterocycles. The molecule has 1 aliphatic heterocycles. The first-order valence-corrected chi connectivity index (χ1v) is 5.16. The van der Waals surface area contributed by atoms with Gasteiger partial charge in [-0.25, -0.2) is 0 Å². The van der Waals surface area contributed by atoms with Crippen LogP contribution in [0.15, 0.2) is 24.3 Å². The fraction of sp³-hybridized carbons (Fsp3) is 0.333. The number of Topliss-reactive ketones (excluding diaryl/α,β-unsaturated/α-hetero) is 1. The number of methoxy groups -OCH3 is 1. The maximum atomic E-state index is 12.0. The van der Waals surface area contributed by atoms with E-state index in [1.165, 1.54) is 7.11 Å². The van der Waals surface area contributed by atoms with Crippen molar-refractivity contribution in [3.63, 3.8) is 0 Å². The Morgan fingerprint density at radius 2 is 2.25 bits per heavy atom. The second kappa shape index (κ2) is 4.35. The summed E-state index contributed by atoms with van der Waals surface area (Å²) >= 11 is 0. The number of hydrogen-bond acceptors (Lipinski definition) is 4. The van der Waals surface area contributed by atoms with Gasteiger partial charge in [-0.15, -0.1) is 0 Å². The number of esters is 1. The molecule has 4 heteroatoms. The lowest BCUT2D eigenvalue weighted by Crippen LogP contribution is -2.31. The second-order valence-corrected chi connectivity index (χ2v) is 3.77. The van der Waals surface area contributed by atoms with E-state index in [2.05, 4.69) is 10.1 Å². The lowest BCUT2D eigenvalue weighted by Gasteiger charge is -2.23. The lowest BCUT2D eigenvalue weighted by molar-refractivity contribution is -0.141. The van der Waals surface area contributed by atoms with Gasteiger partial charge in [0.15, 0.2) is 5.78 Å². The fourth-order valence-corrected chi connectivity index (χ4v) is 1.85. The fourth-order valence-electron chi connectivity index (χ4n) is 1.85. The molecule has 0 saturated heterocycles. The minimum Gasteiger partial charge on any atom is -0.469 e. The van der Waals surface area contributed by atoms with Crippen molar-refractivity contribution in [3.05, 3.63) is 29.8 Å². The van der Waals surface area contributed by atoms with Crippen LogP contribution in [0.5, 0.6) is 0 Å². The Labute approximate surface area is 93.6 Å².